The molecular weight excluding hydrogens is 336 g/mol. The Balaban J connectivity index is 1.64. The molecule has 0 radical (unpaired) electrons. The molecule has 25 heavy (non-hydrogen) atoms. The Bertz CT molecular complexity index is 802. The Hall–Kier alpha value is -2.33. The van der Waals surface area contributed by atoms with Gasteiger partial charge in [0.15, 0.2) is 0 Å². The molecule has 2 aromatic carbocycles. The monoisotopic (exact) mass is 356 g/mol. The second-order valence-electron chi connectivity index (χ2n) is 6.56. The van der Waals surface area contributed by atoms with E-state index in [-0.39, 0.29) is 24.2 Å². The number of carbonyl (C=O) groups excluding carboxylic acids is 2. The van der Waals surface area contributed by atoms with Crippen LogP contribution in [0.2, 0.25) is 5.02 Å². The van der Waals surface area contributed by atoms with Gasteiger partial charge in [0.05, 0.1) is 5.92 Å². The highest BCUT2D eigenvalue weighted by atomic mass is 35.5. The number of rotatable bonds is 4. The lowest BCUT2D eigenvalue weighted by Crippen LogP contribution is -2.28. The molecule has 0 bridgehead atoms. The Morgan fingerprint density at radius 2 is 1.92 bits per heavy atom. The van der Waals surface area contributed by atoms with E-state index in [0.717, 1.165) is 11.1 Å². The van der Waals surface area contributed by atoms with Gasteiger partial charge < -0.3 is 10.2 Å². The van der Waals surface area contributed by atoms with Crippen LogP contribution in [0.1, 0.15) is 23.1 Å². The molecule has 0 aliphatic carbocycles. The van der Waals surface area contributed by atoms with Gasteiger partial charge in [0, 0.05) is 30.2 Å². The fourth-order valence-corrected chi connectivity index (χ4v) is 3.17. The van der Waals surface area contributed by atoms with Crippen molar-refractivity contribution < 1.29 is 9.59 Å². The molecule has 0 spiro atoms. The predicted octanol–water partition coefficient (Wildman–Crippen LogP) is 3.94. The Morgan fingerprint density at radius 3 is 2.64 bits per heavy atom. The summed E-state index contributed by atoms with van der Waals surface area (Å²) in [6.07, 6.45) is 0.247. The average molecular weight is 357 g/mol. The van der Waals surface area contributed by atoms with E-state index in [1.807, 2.05) is 44.2 Å². The molecule has 2 amide bonds. The molecule has 3 rings (SSSR count). The van der Waals surface area contributed by atoms with Crippen molar-refractivity contribution in [2.75, 3.05) is 11.9 Å². The van der Waals surface area contributed by atoms with Gasteiger partial charge in [-0.1, -0.05) is 47.5 Å². The number of hydrogen-bond acceptors (Lipinski definition) is 2. The molecule has 130 valence electrons. The van der Waals surface area contributed by atoms with Gasteiger partial charge in [0.2, 0.25) is 11.8 Å². The van der Waals surface area contributed by atoms with E-state index in [9.17, 15) is 9.59 Å². The molecule has 4 nitrogen and oxygen atoms in total. The standard InChI is InChI=1S/C20H21ClN2O2/c1-13-6-8-15(9-7-13)11-23-12-16(10-19(23)24)20(25)22-18-5-3-4-17(21)14(18)2/h3-9,16H,10-12H2,1-2H3,(H,22,25)/t16-/m1/s1. The van der Waals surface area contributed by atoms with Crippen LogP contribution < -0.4 is 5.32 Å². The van der Waals surface area contributed by atoms with Crippen LogP contribution in [0.4, 0.5) is 5.69 Å². The van der Waals surface area contributed by atoms with Crippen LogP contribution in [0.15, 0.2) is 42.5 Å². The summed E-state index contributed by atoms with van der Waals surface area (Å²) in [5, 5.41) is 3.52. The van der Waals surface area contributed by atoms with Gasteiger partial charge in [-0.3, -0.25) is 9.59 Å². The van der Waals surface area contributed by atoms with E-state index in [4.69, 9.17) is 11.6 Å². The molecule has 1 aliphatic rings. The van der Waals surface area contributed by atoms with Gasteiger partial charge in [0.25, 0.3) is 0 Å². The molecule has 1 atom stereocenters. The lowest BCUT2D eigenvalue weighted by molar-refractivity contribution is -0.128. The molecule has 0 unspecified atom stereocenters. The maximum atomic E-state index is 12.5. The van der Waals surface area contributed by atoms with Gasteiger partial charge in [-0.05, 0) is 37.1 Å². The maximum absolute atomic E-state index is 12.5. The van der Waals surface area contributed by atoms with Gasteiger partial charge in [-0.15, -0.1) is 0 Å². The third-order valence-corrected chi connectivity index (χ3v) is 5.01. The summed E-state index contributed by atoms with van der Waals surface area (Å²) in [6.45, 7) is 4.88. The highest BCUT2D eigenvalue weighted by Crippen LogP contribution is 2.26. The van der Waals surface area contributed by atoms with Crippen molar-refractivity contribution in [3.63, 3.8) is 0 Å². The summed E-state index contributed by atoms with van der Waals surface area (Å²) in [5.74, 6) is -0.454. The quantitative estimate of drug-likeness (QED) is 0.901. The topological polar surface area (TPSA) is 49.4 Å². The first-order chi connectivity index (χ1) is 11.9. The number of hydrogen-bond donors (Lipinski definition) is 1. The van der Waals surface area contributed by atoms with Crippen LogP contribution >= 0.6 is 11.6 Å². The molecule has 0 aromatic heterocycles. The zero-order valence-corrected chi connectivity index (χ0v) is 15.1. The molecule has 0 saturated carbocycles. The fourth-order valence-electron chi connectivity index (χ4n) is 2.99. The minimum absolute atomic E-state index is 0.0172. The second kappa shape index (κ2) is 7.28. The number of anilines is 1. The molecule has 5 heteroatoms. The number of aryl methyl sites for hydroxylation is 1. The predicted molar refractivity (Wildman–Crippen MR) is 99.5 cm³/mol. The van der Waals surface area contributed by atoms with Gasteiger partial charge in [-0.25, -0.2) is 0 Å². The van der Waals surface area contributed by atoms with Gasteiger partial charge in [0.1, 0.15) is 0 Å². The van der Waals surface area contributed by atoms with Crippen LogP contribution in [0.25, 0.3) is 0 Å². The van der Waals surface area contributed by atoms with Crippen LogP contribution in [-0.4, -0.2) is 23.3 Å². The SMILES string of the molecule is Cc1ccc(CN2C[C@H](C(=O)Nc3cccc(Cl)c3C)CC2=O)cc1. The van der Waals surface area contributed by atoms with Crippen molar-refractivity contribution in [3.05, 3.63) is 64.2 Å². The normalized spacial score (nSPS) is 17.0. The number of nitrogens with one attached hydrogen (secondary N) is 1. The van der Waals surface area contributed by atoms with Gasteiger partial charge >= 0.3 is 0 Å². The van der Waals surface area contributed by atoms with E-state index in [0.29, 0.717) is 23.8 Å². The second-order valence-corrected chi connectivity index (χ2v) is 6.97. The smallest absolute Gasteiger partial charge is 0.229 e. The molecule has 2 aromatic rings. The van der Waals surface area contributed by atoms with Crippen LogP contribution in [0.3, 0.4) is 0 Å². The van der Waals surface area contributed by atoms with E-state index in [2.05, 4.69) is 5.32 Å². The number of likely N-dealkylation sites (tertiary alicyclic amines) is 1. The molecule has 1 fully saturated rings. The van der Waals surface area contributed by atoms with E-state index < -0.39 is 0 Å². The largest absolute Gasteiger partial charge is 0.338 e. The van der Waals surface area contributed by atoms with E-state index in [1.54, 1.807) is 17.0 Å². The molecule has 1 N–H and O–H groups in total. The van der Waals surface area contributed by atoms with E-state index >= 15 is 0 Å². The van der Waals surface area contributed by atoms with Crippen molar-refractivity contribution in [3.8, 4) is 0 Å². The summed E-state index contributed by atoms with van der Waals surface area (Å²) in [4.78, 5) is 26.5. The molecule has 1 aliphatic heterocycles. The van der Waals surface area contributed by atoms with Crippen LogP contribution in [-0.2, 0) is 16.1 Å². The van der Waals surface area contributed by atoms with Gasteiger partial charge in [-0.2, -0.15) is 0 Å². The maximum Gasteiger partial charge on any atom is 0.229 e. The molecular formula is C20H21ClN2O2. The summed E-state index contributed by atoms with van der Waals surface area (Å²) in [6, 6.07) is 13.5. The Kier molecular flexibility index (Phi) is 5.09. The summed E-state index contributed by atoms with van der Waals surface area (Å²) in [5.41, 5.74) is 3.79. The lowest BCUT2D eigenvalue weighted by Gasteiger charge is -2.17. The number of halogens is 1. The molecule has 1 heterocycles. The first kappa shape index (κ1) is 17.5. The Morgan fingerprint density at radius 1 is 1.20 bits per heavy atom. The first-order valence-corrected chi connectivity index (χ1v) is 8.71. The fraction of sp³-hybridized carbons (Fsp3) is 0.300. The first-order valence-electron chi connectivity index (χ1n) is 8.33. The van der Waals surface area contributed by atoms with Crippen molar-refractivity contribution >= 4 is 29.1 Å². The minimum atomic E-state index is -0.337. The molecule has 1 saturated heterocycles. The third kappa shape index (κ3) is 4.02. The summed E-state index contributed by atoms with van der Waals surface area (Å²) >= 11 is 6.09. The van der Waals surface area contributed by atoms with Crippen molar-refractivity contribution in [1.82, 2.24) is 4.90 Å². The van der Waals surface area contributed by atoms with Crippen LogP contribution in [0, 0.1) is 19.8 Å². The van der Waals surface area contributed by atoms with E-state index in [1.165, 1.54) is 5.56 Å². The third-order valence-electron chi connectivity index (χ3n) is 4.60. The highest BCUT2D eigenvalue weighted by molar-refractivity contribution is 6.31. The number of carbonyl (C=O) groups is 2. The number of amides is 2. The summed E-state index contributed by atoms with van der Waals surface area (Å²) in [7, 11) is 0. The number of nitrogens with zero attached hydrogens (tertiary/aromatic N) is 1. The summed E-state index contributed by atoms with van der Waals surface area (Å²) < 4.78 is 0. The number of benzene rings is 2. The minimum Gasteiger partial charge on any atom is -0.338 e. The van der Waals surface area contributed by atoms with Crippen LogP contribution in [0.5, 0.6) is 0 Å². The van der Waals surface area contributed by atoms with Crippen molar-refractivity contribution in [1.29, 1.82) is 0 Å². The zero-order valence-electron chi connectivity index (χ0n) is 14.4. The zero-order chi connectivity index (χ0) is 18.0. The van der Waals surface area contributed by atoms with Crippen molar-refractivity contribution in [2.24, 2.45) is 5.92 Å². The Labute approximate surface area is 152 Å². The highest BCUT2D eigenvalue weighted by Gasteiger charge is 2.34. The average Bonchev–Trinajstić information content (AvgIpc) is 2.95. The van der Waals surface area contributed by atoms with Crippen molar-refractivity contribution in [2.45, 2.75) is 26.8 Å². The lowest BCUT2D eigenvalue weighted by atomic mass is 10.1.